The zero-order valence-electron chi connectivity index (χ0n) is 11.5. The van der Waals surface area contributed by atoms with E-state index in [4.69, 9.17) is 14.2 Å². The number of ether oxygens (including phenoxy) is 3. The van der Waals surface area contributed by atoms with Gasteiger partial charge in [-0.1, -0.05) is 6.58 Å². The average Bonchev–Trinajstić information content (AvgIpc) is 3.15. The normalized spacial score (nSPS) is 55.7. The lowest BCUT2D eigenvalue weighted by atomic mass is 9.81. The molecule has 3 aliphatic heterocycles. The van der Waals surface area contributed by atoms with Crippen LogP contribution in [0, 0.1) is 5.92 Å². The third kappa shape index (κ3) is 1.69. The van der Waals surface area contributed by atoms with Crippen molar-refractivity contribution in [1.82, 2.24) is 0 Å². The van der Waals surface area contributed by atoms with Crippen molar-refractivity contribution in [2.24, 2.45) is 5.92 Å². The Labute approximate surface area is 113 Å². The van der Waals surface area contributed by atoms with E-state index in [0.29, 0.717) is 11.7 Å². The summed E-state index contributed by atoms with van der Waals surface area (Å²) >= 11 is 0. The monoisotopic (exact) mass is 264 g/mol. The summed E-state index contributed by atoms with van der Waals surface area (Å²) in [7, 11) is 0. The summed E-state index contributed by atoms with van der Waals surface area (Å²) in [4.78, 5) is 11.8. The smallest absolute Gasteiger partial charge is 0.334 e. The fraction of sp³-hybridized carbons (Fsp3) is 0.800. The Morgan fingerprint density at radius 1 is 1.21 bits per heavy atom. The van der Waals surface area contributed by atoms with Crippen molar-refractivity contribution in [3.8, 4) is 0 Å². The molecular formula is C15H20O4. The number of epoxide rings is 2. The molecule has 0 aromatic carbocycles. The summed E-state index contributed by atoms with van der Waals surface area (Å²) in [5.74, 6) is -0.142. The van der Waals surface area contributed by atoms with Gasteiger partial charge >= 0.3 is 5.97 Å². The summed E-state index contributed by atoms with van der Waals surface area (Å²) in [5, 5.41) is 0. The first-order valence-electron chi connectivity index (χ1n) is 7.17. The second-order valence-electron chi connectivity index (χ2n) is 6.89. The predicted octanol–water partition coefficient (Wildman–Crippen LogP) is 1.97. The van der Waals surface area contributed by atoms with Gasteiger partial charge in [0.25, 0.3) is 0 Å². The third-order valence-corrected chi connectivity index (χ3v) is 5.47. The number of esters is 1. The molecule has 0 aromatic rings. The summed E-state index contributed by atoms with van der Waals surface area (Å²) < 4.78 is 17.2. The van der Waals surface area contributed by atoms with Crippen molar-refractivity contribution in [1.29, 1.82) is 0 Å². The largest absolute Gasteiger partial charge is 0.458 e. The van der Waals surface area contributed by atoms with Gasteiger partial charge in [0.2, 0.25) is 0 Å². The highest BCUT2D eigenvalue weighted by Gasteiger charge is 2.61. The van der Waals surface area contributed by atoms with Crippen LogP contribution in [0.2, 0.25) is 0 Å². The van der Waals surface area contributed by atoms with E-state index in [0.717, 1.165) is 25.7 Å². The zero-order chi connectivity index (χ0) is 13.4. The molecular weight excluding hydrogens is 244 g/mol. The highest BCUT2D eigenvalue weighted by Crippen LogP contribution is 2.53. The molecule has 4 nitrogen and oxygen atoms in total. The summed E-state index contributed by atoms with van der Waals surface area (Å²) in [6.07, 6.45) is 4.17. The Morgan fingerprint density at radius 3 is 2.74 bits per heavy atom. The third-order valence-electron chi connectivity index (χ3n) is 5.47. The second kappa shape index (κ2) is 3.41. The molecule has 1 saturated carbocycles. The lowest BCUT2D eigenvalue weighted by molar-refractivity contribution is -0.139. The van der Waals surface area contributed by atoms with Gasteiger partial charge in [0.05, 0.1) is 23.4 Å². The van der Waals surface area contributed by atoms with Gasteiger partial charge < -0.3 is 14.2 Å². The molecule has 1 aliphatic carbocycles. The number of rotatable bonds is 0. The number of hydrogen-bond donors (Lipinski definition) is 0. The van der Waals surface area contributed by atoms with E-state index < -0.39 is 0 Å². The van der Waals surface area contributed by atoms with Gasteiger partial charge in [-0.15, -0.1) is 0 Å². The van der Waals surface area contributed by atoms with Crippen LogP contribution in [0.3, 0.4) is 0 Å². The highest BCUT2D eigenvalue weighted by molar-refractivity contribution is 5.90. The zero-order valence-corrected chi connectivity index (χ0v) is 11.5. The lowest BCUT2D eigenvalue weighted by Crippen LogP contribution is -2.28. The van der Waals surface area contributed by atoms with Crippen molar-refractivity contribution < 1.29 is 19.0 Å². The van der Waals surface area contributed by atoms with Crippen LogP contribution in [0.15, 0.2) is 12.2 Å². The average molecular weight is 264 g/mol. The molecule has 4 unspecified atom stereocenters. The van der Waals surface area contributed by atoms with E-state index in [2.05, 4.69) is 20.4 Å². The van der Waals surface area contributed by atoms with Crippen LogP contribution in [0.4, 0.5) is 0 Å². The Morgan fingerprint density at radius 2 is 1.95 bits per heavy atom. The lowest BCUT2D eigenvalue weighted by Gasteiger charge is -2.21. The molecule has 104 valence electrons. The minimum Gasteiger partial charge on any atom is -0.458 e. The first-order chi connectivity index (χ1) is 8.91. The van der Waals surface area contributed by atoms with Gasteiger partial charge in [-0.2, -0.15) is 0 Å². The van der Waals surface area contributed by atoms with Crippen LogP contribution >= 0.6 is 0 Å². The van der Waals surface area contributed by atoms with Gasteiger partial charge in [-0.3, -0.25) is 0 Å². The van der Waals surface area contributed by atoms with E-state index >= 15 is 0 Å². The van der Waals surface area contributed by atoms with Gasteiger partial charge in [0, 0.05) is 17.9 Å². The molecule has 4 rings (SSSR count). The van der Waals surface area contributed by atoms with Gasteiger partial charge in [0.15, 0.2) is 0 Å². The number of hydrogen-bond acceptors (Lipinski definition) is 4. The highest BCUT2D eigenvalue weighted by atomic mass is 16.6. The first-order valence-corrected chi connectivity index (χ1v) is 7.17. The van der Waals surface area contributed by atoms with E-state index in [1.54, 1.807) is 0 Å². The Hall–Kier alpha value is -0.870. The summed E-state index contributed by atoms with van der Waals surface area (Å²) in [6.45, 7) is 8.20. The minimum atomic E-state index is -0.239. The van der Waals surface area contributed by atoms with Gasteiger partial charge in [-0.05, 0) is 33.1 Å². The maximum Gasteiger partial charge on any atom is 0.334 e. The standard InChI is InChI=1S/C15H20O4/c1-8-9-6-12-14(2,19-12)5-4-11-15(3,18-11)7-10(9)17-13(8)16/h9-12H,1,4-7H2,2-3H3/t9?,10?,11?,12?,14-,15-/m1/s1. The molecule has 0 radical (unpaired) electrons. The first kappa shape index (κ1) is 11.9. The molecule has 4 aliphatic rings. The number of carbonyl (C=O) groups is 1. The molecule has 19 heavy (non-hydrogen) atoms. The van der Waals surface area contributed by atoms with Crippen LogP contribution in [0.1, 0.15) is 39.5 Å². The van der Waals surface area contributed by atoms with E-state index in [1.807, 2.05) is 0 Å². The molecule has 4 heteroatoms. The fourth-order valence-corrected chi connectivity index (χ4v) is 3.84. The summed E-state index contributed by atoms with van der Waals surface area (Å²) in [6, 6.07) is 0. The molecule has 0 amide bonds. The molecule has 3 heterocycles. The second-order valence-corrected chi connectivity index (χ2v) is 6.89. The van der Waals surface area contributed by atoms with Crippen molar-refractivity contribution in [3.05, 3.63) is 12.2 Å². The maximum atomic E-state index is 11.8. The molecule has 0 aromatic heterocycles. The van der Waals surface area contributed by atoms with Gasteiger partial charge in [-0.25, -0.2) is 4.79 Å². The van der Waals surface area contributed by atoms with Crippen LogP contribution in [-0.2, 0) is 19.0 Å². The van der Waals surface area contributed by atoms with Gasteiger partial charge in [0.1, 0.15) is 6.10 Å². The predicted molar refractivity (Wildman–Crippen MR) is 67.5 cm³/mol. The quantitative estimate of drug-likeness (QED) is 0.381. The van der Waals surface area contributed by atoms with Crippen LogP contribution in [0.25, 0.3) is 0 Å². The van der Waals surface area contributed by atoms with E-state index in [9.17, 15) is 4.79 Å². The number of fused-ring (bicyclic) bond motifs is 3. The molecule has 3 saturated heterocycles. The van der Waals surface area contributed by atoms with Crippen molar-refractivity contribution in [3.63, 3.8) is 0 Å². The SMILES string of the molecule is C=C1C(=O)OC2C[C@@]3(C)OC3CC[C@@]3(C)OC3CC12. The Balaban J connectivity index is 1.62. The topological polar surface area (TPSA) is 51.4 Å². The van der Waals surface area contributed by atoms with E-state index in [1.165, 1.54) is 0 Å². The molecule has 4 fully saturated rings. The molecule has 0 spiro atoms. The minimum absolute atomic E-state index is 0.0271. The summed E-state index contributed by atoms with van der Waals surface area (Å²) in [5.41, 5.74) is 0.469. The number of carbonyl (C=O) groups excluding carboxylic acids is 1. The Kier molecular flexibility index (Phi) is 2.14. The van der Waals surface area contributed by atoms with Crippen LogP contribution in [-0.4, -0.2) is 35.5 Å². The fourth-order valence-electron chi connectivity index (χ4n) is 3.84. The molecule has 6 atom stereocenters. The van der Waals surface area contributed by atoms with Crippen molar-refractivity contribution >= 4 is 5.97 Å². The Bertz CT molecular complexity index is 473. The molecule has 0 bridgehead atoms. The maximum absolute atomic E-state index is 11.8. The van der Waals surface area contributed by atoms with Crippen LogP contribution < -0.4 is 0 Å². The van der Waals surface area contributed by atoms with E-state index in [-0.39, 0.29) is 35.3 Å². The molecule has 0 N–H and O–H groups in total. The van der Waals surface area contributed by atoms with Crippen molar-refractivity contribution in [2.75, 3.05) is 0 Å². The van der Waals surface area contributed by atoms with Crippen LogP contribution in [0.5, 0.6) is 0 Å². The van der Waals surface area contributed by atoms with Crippen molar-refractivity contribution in [2.45, 2.75) is 69.0 Å².